The van der Waals surface area contributed by atoms with Crippen molar-refractivity contribution in [3.63, 3.8) is 0 Å². The van der Waals surface area contributed by atoms with Crippen LogP contribution >= 0.6 is 0 Å². The number of hydrogen-bond donors (Lipinski definition) is 0. The van der Waals surface area contributed by atoms with Crippen molar-refractivity contribution in [2.75, 3.05) is 18.1 Å². The molecule has 1 amide bonds. The Morgan fingerprint density at radius 3 is 2.63 bits per heavy atom. The predicted molar refractivity (Wildman–Crippen MR) is 95.7 cm³/mol. The van der Waals surface area contributed by atoms with Crippen LogP contribution in [0.1, 0.15) is 17.0 Å². The molecule has 2 aliphatic heterocycles. The van der Waals surface area contributed by atoms with Crippen LogP contribution in [-0.2, 0) is 26.6 Å². The number of fused-ring (bicyclic) bond motifs is 2. The van der Waals surface area contributed by atoms with E-state index in [2.05, 4.69) is 10.2 Å². The Morgan fingerprint density at radius 1 is 1.07 bits per heavy atom. The minimum Gasteiger partial charge on any atom is -0.419 e. The fourth-order valence-corrected chi connectivity index (χ4v) is 3.55. The molecule has 2 aromatic carbocycles. The highest BCUT2D eigenvalue weighted by Crippen LogP contribution is 2.46. The first-order chi connectivity index (χ1) is 13.2. The Kier molecular flexibility index (Phi) is 3.60. The summed E-state index contributed by atoms with van der Waals surface area (Å²) in [5.74, 6) is -0.850. The number of nitrogens with zero attached hydrogens (tertiary/aromatic N) is 3. The number of aryl methyl sites for hydroxylation is 1. The molecule has 5 rings (SSSR count). The van der Waals surface area contributed by atoms with Crippen LogP contribution in [0.4, 0.5) is 5.69 Å². The van der Waals surface area contributed by atoms with Crippen molar-refractivity contribution in [1.29, 1.82) is 0 Å². The maximum atomic E-state index is 13.2. The summed E-state index contributed by atoms with van der Waals surface area (Å²) in [5.41, 5.74) is 3.34. The zero-order valence-corrected chi connectivity index (χ0v) is 14.7. The molecule has 0 unspecified atom stereocenters. The van der Waals surface area contributed by atoms with E-state index in [-0.39, 0.29) is 12.5 Å². The number of ether oxygens (including phenoxy) is 2. The van der Waals surface area contributed by atoms with Gasteiger partial charge in [0.05, 0.1) is 18.9 Å². The van der Waals surface area contributed by atoms with Gasteiger partial charge in [0, 0.05) is 11.1 Å². The molecule has 0 aliphatic carbocycles. The van der Waals surface area contributed by atoms with Crippen LogP contribution in [0.2, 0.25) is 0 Å². The lowest BCUT2D eigenvalue weighted by molar-refractivity contribution is -0.180. The first-order valence-corrected chi connectivity index (χ1v) is 8.76. The van der Waals surface area contributed by atoms with Gasteiger partial charge in [0.25, 0.3) is 11.7 Å². The molecule has 1 aromatic heterocycles. The molecule has 0 N–H and O–H groups in total. The number of carbonyl (C=O) groups excluding carboxylic acids is 1. The Labute approximate surface area is 155 Å². The zero-order valence-electron chi connectivity index (χ0n) is 14.7. The number of benzene rings is 2. The van der Waals surface area contributed by atoms with Gasteiger partial charge in [0.2, 0.25) is 11.8 Å². The van der Waals surface area contributed by atoms with Crippen LogP contribution < -0.4 is 4.90 Å². The van der Waals surface area contributed by atoms with Gasteiger partial charge >= 0.3 is 0 Å². The van der Waals surface area contributed by atoms with Crippen LogP contribution in [-0.4, -0.2) is 29.3 Å². The molecule has 2 aliphatic rings. The molecule has 0 bridgehead atoms. The molecule has 0 atom stereocenters. The Morgan fingerprint density at radius 2 is 1.85 bits per heavy atom. The van der Waals surface area contributed by atoms with E-state index in [0.717, 1.165) is 22.4 Å². The third-order valence-corrected chi connectivity index (χ3v) is 4.80. The zero-order chi connectivity index (χ0) is 18.4. The minimum absolute atomic E-state index is 0.156. The van der Waals surface area contributed by atoms with Gasteiger partial charge in [-0.25, -0.2) is 0 Å². The monoisotopic (exact) mass is 363 g/mol. The van der Waals surface area contributed by atoms with Gasteiger partial charge < -0.3 is 13.9 Å². The number of aromatic nitrogens is 2. The molecule has 7 nitrogen and oxygen atoms in total. The van der Waals surface area contributed by atoms with Crippen LogP contribution in [0.15, 0.2) is 52.9 Å². The second-order valence-corrected chi connectivity index (χ2v) is 6.59. The standard InChI is InChI=1S/C20H17N3O4/c1-13-7-8-16-15(11-13)20(25-9-10-26-20)19(24)23(16)12-17-21-22-18(27-17)14-5-3-2-4-6-14/h2-8,11H,9-10,12H2,1H3. The smallest absolute Gasteiger partial charge is 0.293 e. The van der Waals surface area contributed by atoms with Gasteiger partial charge in [0.15, 0.2) is 0 Å². The summed E-state index contributed by atoms with van der Waals surface area (Å²) in [7, 11) is 0. The van der Waals surface area contributed by atoms with Crippen molar-refractivity contribution >= 4 is 11.6 Å². The highest BCUT2D eigenvalue weighted by atomic mass is 16.7. The lowest BCUT2D eigenvalue weighted by Crippen LogP contribution is -2.41. The minimum atomic E-state index is -1.36. The second-order valence-electron chi connectivity index (χ2n) is 6.59. The molecule has 0 saturated carbocycles. The van der Waals surface area contributed by atoms with E-state index in [1.54, 1.807) is 4.90 Å². The van der Waals surface area contributed by atoms with Crippen molar-refractivity contribution in [3.05, 3.63) is 65.5 Å². The topological polar surface area (TPSA) is 77.7 Å². The quantitative estimate of drug-likeness (QED) is 0.712. The molecular weight excluding hydrogens is 346 g/mol. The fourth-order valence-electron chi connectivity index (χ4n) is 3.55. The summed E-state index contributed by atoms with van der Waals surface area (Å²) in [4.78, 5) is 14.8. The number of rotatable bonds is 3. The van der Waals surface area contributed by atoms with Crippen molar-refractivity contribution in [3.8, 4) is 11.5 Å². The predicted octanol–water partition coefficient (Wildman–Crippen LogP) is 2.79. The van der Waals surface area contributed by atoms with Crippen LogP contribution in [0.5, 0.6) is 0 Å². The number of carbonyl (C=O) groups is 1. The van der Waals surface area contributed by atoms with E-state index in [1.165, 1.54) is 0 Å². The van der Waals surface area contributed by atoms with Crippen molar-refractivity contribution in [1.82, 2.24) is 10.2 Å². The van der Waals surface area contributed by atoms with Gasteiger partial charge in [-0.15, -0.1) is 10.2 Å². The lowest BCUT2D eigenvalue weighted by atomic mass is 10.0. The fraction of sp³-hybridized carbons (Fsp3) is 0.250. The van der Waals surface area contributed by atoms with E-state index in [1.807, 2.05) is 55.5 Å². The molecule has 0 radical (unpaired) electrons. The van der Waals surface area contributed by atoms with Gasteiger partial charge in [-0.2, -0.15) is 0 Å². The molecule has 3 heterocycles. The highest BCUT2D eigenvalue weighted by Gasteiger charge is 2.56. The van der Waals surface area contributed by atoms with Gasteiger partial charge in [-0.3, -0.25) is 9.69 Å². The number of anilines is 1. The summed E-state index contributed by atoms with van der Waals surface area (Å²) >= 11 is 0. The van der Waals surface area contributed by atoms with Crippen molar-refractivity contribution in [2.24, 2.45) is 0 Å². The summed E-state index contributed by atoms with van der Waals surface area (Å²) in [6, 6.07) is 15.3. The highest BCUT2D eigenvalue weighted by molar-refractivity contribution is 6.06. The third kappa shape index (κ3) is 2.47. The summed E-state index contributed by atoms with van der Waals surface area (Å²) in [6.45, 7) is 2.89. The van der Waals surface area contributed by atoms with Crippen LogP contribution in [0.25, 0.3) is 11.5 Å². The molecule has 1 saturated heterocycles. The Balaban J connectivity index is 1.50. The van der Waals surface area contributed by atoms with E-state index in [9.17, 15) is 4.79 Å². The van der Waals surface area contributed by atoms with Gasteiger partial charge in [-0.1, -0.05) is 29.8 Å². The number of hydrogen-bond acceptors (Lipinski definition) is 6. The van der Waals surface area contributed by atoms with E-state index in [4.69, 9.17) is 13.9 Å². The van der Waals surface area contributed by atoms with Gasteiger partial charge in [-0.05, 0) is 31.2 Å². The van der Waals surface area contributed by atoms with Gasteiger partial charge in [0.1, 0.15) is 6.54 Å². The van der Waals surface area contributed by atoms with Crippen LogP contribution in [0, 0.1) is 6.92 Å². The molecule has 1 fully saturated rings. The lowest BCUT2D eigenvalue weighted by Gasteiger charge is -2.21. The Bertz CT molecular complexity index is 1010. The number of amides is 1. The summed E-state index contributed by atoms with van der Waals surface area (Å²) in [5, 5.41) is 8.20. The van der Waals surface area contributed by atoms with Crippen LogP contribution in [0.3, 0.4) is 0 Å². The molecular formula is C20H17N3O4. The summed E-state index contributed by atoms with van der Waals surface area (Å²) < 4.78 is 17.3. The maximum Gasteiger partial charge on any atom is 0.293 e. The third-order valence-electron chi connectivity index (χ3n) is 4.80. The summed E-state index contributed by atoms with van der Waals surface area (Å²) in [6.07, 6.45) is 0. The second kappa shape index (κ2) is 6.00. The van der Waals surface area contributed by atoms with E-state index >= 15 is 0 Å². The molecule has 7 heteroatoms. The normalized spacial score (nSPS) is 17.7. The molecule has 3 aromatic rings. The SMILES string of the molecule is Cc1ccc2c(c1)C1(OCCO1)C(=O)N2Cc1nnc(-c2ccccc2)o1. The molecule has 1 spiro atoms. The largest absolute Gasteiger partial charge is 0.419 e. The van der Waals surface area contributed by atoms with E-state index in [0.29, 0.717) is 25.0 Å². The van der Waals surface area contributed by atoms with Crippen molar-refractivity contribution < 1.29 is 18.7 Å². The van der Waals surface area contributed by atoms with E-state index < -0.39 is 5.79 Å². The maximum absolute atomic E-state index is 13.2. The average Bonchev–Trinajstić information content (AvgIpc) is 3.41. The first-order valence-electron chi connectivity index (χ1n) is 8.76. The Hall–Kier alpha value is -3.03. The average molecular weight is 363 g/mol. The first kappa shape index (κ1) is 16.2. The molecule has 136 valence electrons. The van der Waals surface area contributed by atoms with Crippen molar-refractivity contribution in [2.45, 2.75) is 19.3 Å². The molecule has 27 heavy (non-hydrogen) atoms.